The minimum atomic E-state index is -3.70. The quantitative estimate of drug-likeness (QED) is 0.328. The number of nitrogens with one attached hydrogen (secondary N) is 1. The average molecular weight is 417 g/mol. The highest BCUT2D eigenvalue weighted by Crippen LogP contribution is 2.47. The van der Waals surface area contributed by atoms with Crippen molar-refractivity contribution in [2.45, 2.75) is 13.5 Å². The predicted octanol–water partition coefficient (Wildman–Crippen LogP) is 4.28. The van der Waals surface area contributed by atoms with Gasteiger partial charge in [0.15, 0.2) is 0 Å². The molecule has 3 aromatic rings. The van der Waals surface area contributed by atoms with Gasteiger partial charge in [-0.25, -0.2) is 0 Å². The van der Waals surface area contributed by atoms with Crippen LogP contribution < -0.4 is 10.8 Å². The molecule has 152 valence electrons. The highest BCUT2D eigenvalue weighted by atomic mass is 31.2. The van der Waals surface area contributed by atoms with E-state index in [0.717, 1.165) is 11.1 Å². The van der Waals surface area contributed by atoms with Crippen LogP contribution in [0.2, 0.25) is 0 Å². The van der Waals surface area contributed by atoms with Crippen LogP contribution in [0, 0.1) is 17.0 Å². The van der Waals surface area contributed by atoms with Crippen molar-refractivity contribution in [2.24, 2.45) is 0 Å². The first-order chi connectivity index (χ1) is 13.9. The number of nitro groups is 1. The second-order valence-corrected chi connectivity index (χ2v) is 8.33. The Morgan fingerprint density at radius 3 is 2.28 bits per heavy atom. The monoisotopic (exact) mass is 417 g/mol. The Balaban J connectivity index is 1.95. The first kappa shape index (κ1) is 20.7. The van der Waals surface area contributed by atoms with Gasteiger partial charge in [-0.2, -0.15) is 4.98 Å². The fourth-order valence-corrected chi connectivity index (χ4v) is 3.68. The van der Waals surface area contributed by atoms with Crippen LogP contribution in [0.4, 0.5) is 11.6 Å². The van der Waals surface area contributed by atoms with Crippen molar-refractivity contribution in [2.75, 3.05) is 19.5 Å². The van der Waals surface area contributed by atoms with Gasteiger partial charge in [0.1, 0.15) is 0 Å². The highest BCUT2D eigenvalue weighted by Gasteiger charge is 2.34. The van der Waals surface area contributed by atoms with Crippen molar-refractivity contribution in [3.05, 3.63) is 69.8 Å². The van der Waals surface area contributed by atoms with Gasteiger partial charge in [0.2, 0.25) is 17.2 Å². The molecule has 29 heavy (non-hydrogen) atoms. The van der Waals surface area contributed by atoms with Crippen molar-refractivity contribution < 1.29 is 23.0 Å². The fraction of sp³-hybridized carbons (Fsp3) is 0.211. The maximum atomic E-state index is 12.9. The number of hydrogen-bond donors (Lipinski definition) is 1. The van der Waals surface area contributed by atoms with Crippen molar-refractivity contribution in [1.82, 2.24) is 4.98 Å². The molecule has 1 N–H and O–H groups in total. The van der Waals surface area contributed by atoms with Crippen LogP contribution in [0.3, 0.4) is 0 Å². The van der Waals surface area contributed by atoms with Crippen LogP contribution in [0.15, 0.2) is 52.9 Å². The molecule has 1 aromatic heterocycles. The molecular formula is C19H20N3O6P. The number of benzene rings is 2. The molecule has 0 aliphatic rings. The number of rotatable bonds is 8. The molecule has 0 spiro atoms. The summed E-state index contributed by atoms with van der Waals surface area (Å²) in [7, 11) is -1.18. The van der Waals surface area contributed by atoms with Gasteiger partial charge in [-0.3, -0.25) is 14.7 Å². The van der Waals surface area contributed by atoms with Gasteiger partial charge >= 0.3 is 7.60 Å². The van der Waals surface area contributed by atoms with Gasteiger partial charge in [-0.1, -0.05) is 29.8 Å². The highest BCUT2D eigenvalue weighted by molar-refractivity contribution is 7.62. The van der Waals surface area contributed by atoms with E-state index in [4.69, 9.17) is 13.5 Å². The molecule has 0 bridgehead atoms. The molecule has 2 aromatic carbocycles. The molecule has 0 saturated heterocycles. The van der Waals surface area contributed by atoms with Crippen LogP contribution in [-0.2, 0) is 20.2 Å². The van der Waals surface area contributed by atoms with Gasteiger partial charge < -0.3 is 18.8 Å². The predicted molar refractivity (Wildman–Crippen MR) is 108 cm³/mol. The molecule has 0 amide bonds. The molecule has 9 nitrogen and oxygen atoms in total. The SMILES string of the molecule is COP(=O)(OC)c1nc(-c2ccc([N+](=O)[O-])cc2)oc1NCc1ccc(C)cc1. The lowest BCUT2D eigenvalue weighted by Crippen LogP contribution is -2.14. The van der Waals surface area contributed by atoms with Crippen LogP contribution in [-0.4, -0.2) is 24.1 Å². The molecule has 10 heteroatoms. The Labute approximate surface area is 167 Å². The first-order valence-electron chi connectivity index (χ1n) is 8.63. The Hall–Kier alpha value is -3.00. The zero-order valence-corrected chi connectivity index (χ0v) is 17.0. The van der Waals surface area contributed by atoms with Crippen molar-refractivity contribution >= 4 is 24.6 Å². The molecular weight excluding hydrogens is 397 g/mol. The summed E-state index contributed by atoms with van der Waals surface area (Å²) in [6.07, 6.45) is 0. The van der Waals surface area contributed by atoms with E-state index in [1.807, 2.05) is 31.2 Å². The normalized spacial score (nSPS) is 11.4. The zero-order chi connectivity index (χ0) is 21.0. The number of nitrogens with zero attached hydrogens (tertiary/aromatic N) is 2. The molecule has 0 atom stereocenters. The first-order valence-corrected chi connectivity index (χ1v) is 10.2. The fourth-order valence-electron chi connectivity index (χ4n) is 2.60. The second-order valence-electron chi connectivity index (χ2n) is 6.18. The summed E-state index contributed by atoms with van der Waals surface area (Å²) in [4.78, 5) is 14.6. The summed E-state index contributed by atoms with van der Waals surface area (Å²) in [5.41, 5.74) is 2.55. The molecule has 3 rings (SSSR count). The molecule has 0 unspecified atom stereocenters. The summed E-state index contributed by atoms with van der Waals surface area (Å²) < 4.78 is 28.8. The van der Waals surface area contributed by atoms with E-state index in [-0.39, 0.29) is 22.9 Å². The van der Waals surface area contributed by atoms with Gasteiger partial charge in [0, 0.05) is 38.5 Å². The molecule has 0 aliphatic heterocycles. The zero-order valence-electron chi connectivity index (χ0n) is 16.1. The molecule has 0 saturated carbocycles. The Morgan fingerprint density at radius 2 is 1.72 bits per heavy atom. The number of non-ortho nitro benzene ring substituents is 1. The standard InChI is InChI=1S/C19H20N3O6P/c1-13-4-6-14(7-5-13)12-20-18-19(29(25,26-2)27-3)21-17(28-18)15-8-10-16(11-9-15)22(23)24/h4-11,20H,12H2,1-3H3. The largest absolute Gasteiger partial charge is 0.420 e. The summed E-state index contributed by atoms with van der Waals surface area (Å²) in [5.74, 6) is 0.279. The number of anilines is 1. The lowest BCUT2D eigenvalue weighted by molar-refractivity contribution is -0.384. The maximum Gasteiger partial charge on any atom is 0.384 e. The van der Waals surface area contributed by atoms with E-state index >= 15 is 0 Å². The molecule has 0 fully saturated rings. The van der Waals surface area contributed by atoms with Gasteiger partial charge in [-0.05, 0) is 24.6 Å². The third kappa shape index (κ3) is 4.54. The van der Waals surface area contributed by atoms with Crippen molar-refractivity contribution in [1.29, 1.82) is 0 Å². The van der Waals surface area contributed by atoms with Gasteiger partial charge in [0.25, 0.3) is 5.69 Å². The summed E-state index contributed by atoms with van der Waals surface area (Å²) in [6, 6.07) is 13.6. The second kappa shape index (κ2) is 8.57. The molecule has 0 radical (unpaired) electrons. The third-order valence-electron chi connectivity index (χ3n) is 4.25. The number of oxazole rings is 1. The Morgan fingerprint density at radius 1 is 1.10 bits per heavy atom. The molecule has 0 aliphatic carbocycles. The van der Waals surface area contributed by atoms with Gasteiger partial charge in [-0.15, -0.1) is 0 Å². The Bertz CT molecular complexity index is 1040. The minimum Gasteiger partial charge on any atom is -0.420 e. The van der Waals surface area contributed by atoms with E-state index in [1.54, 1.807) is 0 Å². The van der Waals surface area contributed by atoms with Crippen LogP contribution in [0.5, 0.6) is 0 Å². The smallest absolute Gasteiger partial charge is 0.384 e. The summed E-state index contributed by atoms with van der Waals surface area (Å²) in [6.45, 7) is 2.39. The third-order valence-corrected chi connectivity index (χ3v) is 6.03. The molecule has 1 heterocycles. The lowest BCUT2D eigenvalue weighted by atomic mass is 10.1. The van der Waals surface area contributed by atoms with Crippen LogP contribution >= 0.6 is 7.60 Å². The van der Waals surface area contributed by atoms with E-state index in [1.165, 1.54) is 38.5 Å². The minimum absolute atomic E-state index is 0.00274. The van der Waals surface area contributed by atoms with E-state index in [9.17, 15) is 14.7 Å². The van der Waals surface area contributed by atoms with Crippen LogP contribution in [0.1, 0.15) is 11.1 Å². The number of hydrogen-bond acceptors (Lipinski definition) is 8. The number of aromatic nitrogens is 1. The van der Waals surface area contributed by atoms with Crippen LogP contribution in [0.25, 0.3) is 11.5 Å². The van der Waals surface area contributed by atoms with E-state index in [0.29, 0.717) is 12.1 Å². The lowest BCUT2D eigenvalue weighted by Gasteiger charge is -2.12. The topological polar surface area (TPSA) is 117 Å². The summed E-state index contributed by atoms with van der Waals surface area (Å²) >= 11 is 0. The van der Waals surface area contributed by atoms with Crippen molar-refractivity contribution in [3.8, 4) is 11.5 Å². The number of nitro benzene ring substituents is 1. The Kier molecular flexibility index (Phi) is 6.12. The van der Waals surface area contributed by atoms with Crippen molar-refractivity contribution in [3.63, 3.8) is 0 Å². The van der Waals surface area contributed by atoms with E-state index in [2.05, 4.69) is 10.3 Å². The summed E-state index contributed by atoms with van der Waals surface area (Å²) in [5, 5.41) is 13.9. The average Bonchev–Trinajstić information content (AvgIpc) is 3.18. The maximum absolute atomic E-state index is 12.9. The van der Waals surface area contributed by atoms with E-state index < -0.39 is 12.5 Å². The number of aryl methyl sites for hydroxylation is 1. The van der Waals surface area contributed by atoms with Gasteiger partial charge in [0.05, 0.1) is 4.92 Å².